The van der Waals surface area contributed by atoms with Crippen LogP contribution in [-0.2, 0) is 11.2 Å². The third-order valence-electron chi connectivity index (χ3n) is 2.74. The maximum atomic E-state index is 11.9. The molecular weight excluding hydrogens is 315 g/mol. The second-order valence-corrected chi connectivity index (χ2v) is 5.06. The van der Waals surface area contributed by atoms with Crippen molar-refractivity contribution in [3.8, 4) is 0 Å². The summed E-state index contributed by atoms with van der Waals surface area (Å²) < 4.78 is 0. The molecule has 2 aromatic rings. The maximum Gasteiger partial charge on any atom is 0.269 e. The number of rotatable bonds is 4. The SMILES string of the molecule is O=C(Cc1ccc([N+](=O)[O-])cc1)Nc1c(Cl)cccc1Cl. The van der Waals surface area contributed by atoms with E-state index >= 15 is 0 Å². The van der Waals surface area contributed by atoms with Crippen LogP contribution in [0.25, 0.3) is 0 Å². The topological polar surface area (TPSA) is 72.2 Å². The molecule has 1 amide bonds. The molecule has 0 saturated heterocycles. The lowest BCUT2D eigenvalue weighted by Crippen LogP contribution is -2.15. The molecule has 0 aliphatic carbocycles. The highest BCUT2D eigenvalue weighted by atomic mass is 35.5. The van der Waals surface area contributed by atoms with Gasteiger partial charge in [0.1, 0.15) is 0 Å². The Balaban J connectivity index is 2.06. The minimum absolute atomic E-state index is 0.0201. The molecule has 0 heterocycles. The molecule has 0 atom stereocenters. The minimum Gasteiger partial charge on any atom is -0.323 e. The quantitative estimate of drug-likeness (QED) is 0.680. The van der Waals surface area contributed by atoms with Gasteiger partial charge >= 0.3 is 0 Å². The number of amides is 1. The number of carbonyl (C=O) groups is 1. The van der Waals surface area contributed by atoms with Crippen molar-refractivity contribution >= 4 is 40.5 Å². The van der Waals surface area contributed by atoms with Crippen molar-refractivity contribution in [3.63, 3.8) is 0 Å². The number of hydrogen-bond acceptors (Lipinski definition) is 3. The van der Waals surface area contributed by atoms with Crippen molar-refractivity contribution < 1.29 is 9.72 Å². The number of nitrogens with zero attached hydrogens (tertiary/aromatic N) is 1. The number of nitro benzene ring substituents is 1. The highest BCUT2D eigenvalue weighted by Crippen LogP contribution is 2.29. The summed E-state index contributed by atoms with van der Waals surface area (Å²) in [6, 6.07) is 10.7. The van der Waals surface area contributed by atoms with Gasteiger partial charge in [0.05, 0.1) is 27.1 Å². The zero-order chi connectivity index (χ0) is 15.4. The zero-order valence-electron chi connectivity index (χ0n) is 10.7. The molecule has 108 valence electrons. The smallest absolute Gasteiger partial charge is 0.269 e. The van der Waals surface area contributed by atoms with Crippen LogP contribution in [0.3, 0.4) is 0 Å². The molecule has 2 aromatic carbocycles. The van der Waals surface area contributed by atoms with Crippen molar-refractivity contribution in [3.05, 3.63) is 68.2 Å². The van der Waals surface area contributed by atoms with E-state index in [1.807, 2.05) is 0 Å². The van der Waals surface area contributed by atoms with Gasteiger partial charge in [-0.1, -0.05) is 41.4 Å². The molecule has 0 radical (unpaired) electrons. The summed E-state index contributed by atoms with van der Waals surface area (Å²) in [7, 11) is 0. The number of anilines is 1. The summed E-state index contributed by atoms with van der Waals surface area (Å²) in [4.78, 5) is 22.0. The predicted octanol–water partition coefficient (Wildman–Crippen LogP) is 4.08. The van der Waals surface area contributed by atoms with Crippen LogP contribution in [0.15, 0.2) is 42.5 Å². The zero-order valence-corrected chi connectivity index (χ0v) is 12.2. The molecule has 0 aliphatic rings. The lowest BCUT2D eigenvalue weighted by atomic mass is 10.1. The monoisotopic (exact) mass is 324 g/mol. The lowest BCUT2D eigenvalue weighted by Gasteiger charge is -2.09. The summed E-state index contributed by atoms with van der Waals surface area (Å²) in [6.45, 7) is 0. The van der Waals surface area contributed by atoms with Crippen LogP contribution in [0.1, 0.15) is 5.56 Å². The molecule has 0 aliphatic heterocycles. The largest absolute Gasteiger partial charge is 0.323 e. The molecule has 2 rings (SSSR count). The van der Waals surface area contributed by atoms with E-state index < -0.39 is 4.92 Å². The molecule has 1 N–H and O–H groups in total. The number of nitro groups is 1. The van der Waals surface area contributed by atoms with Crippen LogP contribution in [0, 0.1) is 10.1 Å². The molecule has 21 heavy (non-hydrogen) atoms. The Labute approximate surface area is 130 Å². The maximum absolute atomic E-state index is 11.9. The number of nitrogens with one attached hydrogen (secondary N) is 1. The van der Waals surface area contributed by atoms with E-state index in [1.54, 1.807) is 18.2 Å². The van der Waals surface area contributed by atoms with Crippen LogP contribution in [0.4, 0.5) is 11.4 Å². The molecule has 0 spiro atoms. The van der Waals surface area contributed by atoms with Gasteiger partial charge in [-0.05, 0) is 17.7 Å². The summed E-state index contributed by atoms with van der Waals surface area (Å²) in [5, 5.41) is 13.9. The van der Waals surface area contributed by atoms with Gasteiger partial charge in [-0.25, -0.2) is 0 Å². The summed E-state index contributed by atoms with van der Waals surface area (Å²) in [6.07, 6.45) is 0.0690. The first-order chi connectivity index (χ1) is 9.97. The number of benzene rings is 2. The number of para-hydroxylation sites is 1. The summed E-state index contributed by atoms with van der Waals surface area (Å²) in [5.41, 5.74) is 0.988. The van der Waals surface area contributed by atoms with E-state index in [1.165, 1.54) is 24.3 Å². The van der Waals surface area contributed by atoms with Crippen LogP contribution < -0.4 is 5.32 Å². The summed E-state index contributed by atoms with van der Waals surface area (Å²) >= 11 is 11.9. The van der Waals surface area contributed by atoms with Crippen molar-refractivity contribution in [2.45, 2.75) is 6.42 Å². The Hall–Kier alpha value is -2.11. The van der Waals surface area contributed by atoms with Gasteiger partial charge < -0.3 is 5.32 Å². The third kappa shape index (κ3) is 3.93. The van der Waals surface area contributed by atoms with Gasteiger partial charge in [-0.15, -0.1) is 0 Å². The third-order valence-corrected chi connectivity index (χ3v) is 3.37. The predicted molar refractivity (Wildman–Crippen MR) is 81.9 cm³/mol. The van der Waals surface area contributed by atoms with E-state index in [0.29, 0.717) is 21.3 Å². The molecule has 5 nitrogen and oxygen atoms in total. The normalized spacial score (nSPS) is 10.2. The first-order valence-corrected chi connectivity index (χ1v) is 6.70. The fourth-order valence-corrected chi connectivity index (χ4v) is 2.21. The average molecular weight is 325 g/mol. The average Bonchev–Trinajstić information content (AvgIpc) is 2.43. The van der Waals surface area contributed by atoms with Crippen LogP contribution in [-0.4, -0.2) is 10.8 Å². The Morgan fingerprint density at radius 1 is 1.10 bits per heavy atom. The number of halogens is 2. The molecule has 7 heteroatoms. The van der Waals surface area contributed by atoms with Crippen molar-refractivity contribution in [2.24, 2.45) is 0 Å². The van der Waals surface area contributed by atoms with Gasteiger partial charge in [0.2, 0.25) is 5.91 Å². The van der Waals surface area contributed by atoms with E-state index in [0.717, 1.165) is 0 Å². The first kappa shape index (κ1) is 15.3. The second kappa shape index (κ2) is 6.56. The van der Waals surface area contributed by atoms with Gasteiger partial charge in [-0.3, -0.25) is 14.9 Å². The number of non-ortho nitro benzene ring substituents is 1. The molecule has 0 fully saturated rings. The minimum atomic E-state index is -0.493. The Bertz CT molecular complexity index is 667. The highest BCUT2D eigenvalue weighted by molar-refractivity contribution is 6.39. The Kier molecular flexibility index (Phi) is 4.77. The molecule has 0 saturated carbocycles. The fraction of sp³-hybridized carbons (Fsp3) is 0.0714. The van der Waals surface area contributed by atoms with Crippen LogP contribution >= 0.6 is 23.2 Å². The Morgan fingerprint density at radius 2 is 1.67 bits per heavy atom. The van der Waals surface area contributed by atoms with E-state index in [4.69, 9.17) is 23.2 Å². The molecular formula is C14H10Cl2N2O3. The molecule has 0 unspecified atom stereocenters. The molecule has 0 bridgehead atoms. The Morgan fingerprint density at radius 3 is 2.19 bits per heavy atom. The standard InChI is InChI=1S/C14H10Cl2N2O3/c15-11-2-1-3-12(16)14(11)17-13(19)8-9-4-6-10(7-5-9)18(20)21/h1-7H,8H2,(H,17,19). The molecule has 0 aromatic heterocycles. The van der Waals surface area contributed by atoms with Gasteiger partial charge in [-0.2, -0.15) is 0 Å². The van der Waals surface area contributed by atoms with Crippen LogP contribution in [0.2, 0.25) is 10.0 Å². The highest BCUT2D eigenvalue weighted by Gasteiger charge is 2.11. The lowest BCUT2D eigenvalue weighted by molar-refractivity contribution is -0.384. The van der Waals surface area contributed by atoms with E-state index in [2.05, 4.69) is 5.32 Å². The second-order valence-electron chi connectivity index (χ2n) is 4.25. The van der Waals surface area contributed by atoms with Crippen molar-refractivity contribution in [1.29, 1.82) is 0 Å². The number of hydrogen-bond donors (Lipinski definition) is 1. The van der Waals surface area contributed by atoms with Gasteiger partial charge in [0, 0.05) is 12.1 Å². The number of carbonyl (C=O) groups excluding carboxylic acids is 1. The fourth-order valence-electron chi connectivity index (χ4n) is 1.72. The van der Waals surface area contributed by atoms with Gasteiger partial charge in [0.25, 0.3) is 5.69 Å². The van der Waals surface area contributed by atoms with Crippen LogP contribution in [0.5, 0.6) is 0 Å². The van der Waals surface area contributed by atoms with Crippen molar-refractivity contribution in [2.75, 3.05) is 5.32 Å². The summed E-state index contributed by atoms with van der Waals surface area (Å²) in [5.74, 6) is -0.307. The van der Waals surface area contributed by atoms with E-state index in [9.17, 15) is 14.9 Å². The van der Waals surface area contributed by atoms with Gasteiger partial charge in [0.15, 0.2) is 0 Å². The van der Waals surface area contributed by atoms with E-state index in [-0.39, 0.29) is 18.0 Å². The van der Waals surface area contributed by atoms with Crippen molar-refractivity contribution in [1.82, 2.24) is 0 Å². The first-order valence-electron chi connectivity index (χ1n) is 5.94.